The van der Waals surface area contributed by atoms with E-state index >= 15 is 0 Å². The van der Waals surface area contributed by atoms with Gasteiger partial charge in [0.1, 0.15) is 17.5 Å². The van der Waals surface area contributed by atoms with Crippen LogP contribution in [0.25, 0.3) is 0 Å². The molecule has 1 aromatic heterocycles. The molecule has 1 atom stereocenters. The van der Waals surface area contributed by atoms with Gasteiger partial charge in [-0.2, -0.15) is 5.26 Å². The van der Waals surface area contributed by atoms with Gasteiger partial charge in [0.2, 0.25) is 5.91 Å². The third-order valence-electron chi connectivity index (χ3n) is 7.86. The van der Waals surface area contributed by atoms with Crippen molar-refractivity contribution in [1.29, 1.82) is 5.26 Å². The van der Waals surface area contributed by atoms with Crippen LogP contribution < -0.4 is 4.90 Å². The molecule has 0 unspecified atom stereocenters. The van der Waals surface area contributed by atoms with Crippen LogP contribution in [0.2, 0.25) is 0 Å². The zero-order chi connectivity index (χ0) is 26.3. The van der Waals surface area contributed by atoms with Gasteiger partial charge in [0.05, 0.1) is 36.9 Å². The third-order valence-corrected chi connectivity index (χ3v) is 7.86. The summed E-state index contributed by atoms with van der Waals surface area (Å²) in [6.07, 6.45) is 5.16. The molecule has 0 bridgehead atoms. The molecule has 2 saturated carbocycles. The standard InChI is InChI=1S/C28H39N5O4/c1-28(2,3)37-27(35)32-11-9-20-21(15-29)26(30-25(19-7-8-19)22(20)16-32)31-12-13-33(24(34)10-14-36-4)23(17-31)18-5-6-18/h18-19,23H,5-14,16-17H2,1-4H3/t23-/m0/s1. The number of amides is 2. The van der Waals surface area contributed by atoms with Crippen molar-refractivity contribution in [3.05, 3.63) is 22.4 Å². The smallest absolute Gasteiger partial charge is 0.410 e. The van der Waals surface area contributed by atoms with E-state index in [1.165, 1.54) is 0 Å². The molecule has 2 amide bonds. The van der Waals surface area contributed by atoms with Crippen LogP contribution >= 0.6 is 0 Å². The predicted octanol–water partition coefficient (Wildman–Crippen LogP) is 3.59. The van der Waals surface area contributed by atoms with Crippen molar-refractivity contribution in [3.8, 4) is 6.07 Å². The first kappa shape index (κ1) is 25.8. The number of anilines is 1. The number of fused-ring (bicyclic) bond motifs is 1. The van der Waals surface area contributed by atoms with Crippen LogP contribution in [0.4, 0.5) is 10.6 Å². The van der Waals surface area contributed by atoms with Gasteiger partial charge in [0.25, 0.3) is 0 Å². The van der Waals surface area contributed by atoms with Gasteiger partial charge in [-0.25, -0.2) is 9.78 Å². The van der Waals surface area contributed by atoms with Gasteiger partial charge in [0.15, 0.2) is 0 Å². The summed E-state index contributed by atoms with van der Waals surface area (Å²) in [5.74, 6) is 1.82. The Hall–Kier alpha value is -2.86. The summed E-state index contributed by atoms with van der Waals surface area (Å²) in [6, 6.07) is 2.62. The second-order valence-corrected chi connectivity index (χ2v) is 11.9. The zero-order valence-electron chi connectivity index (χ0n) is 22.6. The molecule has 9 nitrogen and oxygen atoms in total. The maximum atomic E-state index is 12.9. The van der Waals surface area contributed by atoms with Crippen molar-refractivity contribution in [1.82, 2.24) is 14.8 Å². The minimum Gasteiger partial charge on any atom is -0.444 e. The number of hydrogen-bond acceptors (Lipinski definition) is 7. The number of carbonyl (C=O) groups excluding carboxylic acids is 2. The number of aromatic nitrogens is 1. The third kappa shape index (κ3) is 5.54. The molecular formula is C28H39N5O4. The topological polar surface area (TPSA) is 99.0 Å². The molecule has 2 aliphatic carbocycles. The molecule has 1 aromatic rings. The normalized spacial score (nSPS) is 21.9. The number of rotatable bonds is 6. The van der Waals surface area contributed by atoms with E-state index in [-0.39, 0.29) is 18.0 Å². The number of carbonyl (C=O) groups is 2. The molecule has 3 heterocycles. The number of piperazine rings is 1. The molecule has 4 aliphatic rings. The number of ether oxygens (including phenoxy) is 2. The van der Waals surface area contributed by atoms with Crippen molar-refractivity contribution < 1.29 is 19.1 Å². The van der Waals surface area contributed by atoms with Crippen molar-refractivity contribution in [3.63, 3.8) is 0 Å². The summed E-state index contributed by atoms with van der Waals surface area (Å²) in [5, 5.41) is 10.3. The first-order valence-electron chi connectivity index (χ1n) is 13.7. The zero-order valence-corrected chi connectivity index (χ0v) is 22.6. The first-order valence-corrected chi connectivity index (χ1v) is 13.7. The molecule has 3 fully saturated rings. The lowest BCUT2D eigenvalue weighted by Crippen LogP contribution is -2.56. The lowest BCUT2D eigenvalue weighted by atomic mass is 9.92. The van der Waals surface area contributed by atoms with Gasteiger partial charge in [-0.15, -0.1) is 0 Å². The minimum absolute atomic E-state index is 0.148. The van der Waals surface area contributed by atoms with E-state index in [0.717, 1.165) is 48.3 Å². The Morgan fingerprint density at radius 3 is 2.49 bits per heavy atom. The summed E-state index contributed by atoms with van der Waals surface area (Å²) >= 11 is 0. The monoisotopic (exact) mass is 509 g/mol. The van der Waals surface area contributed by atoms with Gasteiger partial charge >= 0.3 is 6.09 Å². The molecular weight excluding hydrogens is 470 g/mol. The highest BCUT2D eigenvalue weighted by atomic mass is 16.6. The van der Waals surface area contributed by atoms with Gasteiger partial charge < -0.3 is 24.2 Å². The summed E-state index contributed by atoms with van der Waals surface area (Å²) in [4.78, 5) is 36.9. The van der Waals surface area contributed by atoms with Crippen LogP contribution in [-0.4, -0.2) is 78.3 Å². The lowest BCUT2D eigenvalue weighted by molar-refractivity contribution is -0.135. The molecule has 9 heteroatoms. The van der Waals surface area contributed by atoms with Crippen LogP contribution in [0.3, 0.4) is 0 Å². The summed E-state index contributed by atoms with van der Waals surface area (Å²) in [7, 11) is 1.62. The fourth-order valence-electron chi connectivity index (χ4n) is 5.70. The molecule has 200 valence electrons. The Labute approximate surface area is 219 Å². The maximum Gasteiger partial charge on any atom is 0.410 e. The largest absolute Gasteiger partial charge is 0.444 e. The molecule has 37 heavy (non-hydrogen) atoms. The number of hydrogen-bond donors (Lipinski definition) is 0. The fraction of sp³-hybridized carbons (Fsp3) is 0.714. The van der Waals surface area contributed by atoms with Crippen LogP contribution in [0.1, 0.15) is 81.2 Å². The van der Waals surface area contributed by atoms with E-state index < -0.39 is 5.60 Å². The van der Waals surface area contributed by atoms with Crippen molar-refractivity contribution in [2.75, 3.05) is 44.8 Å². The van der Waals surface area contributed by atoms with E-state index in [1.807, 2.05) is 25.7 Å². The highest BCUT2D eigenvalue weighted by Gasteiger charge is 2.42. The quantitative estimate of drug-likeness (QED) is 0.578. The molecule has 0 spiro atoms. The van der Waals surface area contributed by atoms with E-state index in [9.17, 15) is 14.9 Å². The molecule has 0 aromatic carbocycles. The minimum atomic E-state index is -0.554. The van der Waals surface area contributed by atoms with E-state index in [2.05, 4.69) is 11.0 Å². The van der Waals surface area contributed by atoms with Crippen molar-refractivity contribution in [2.45, 2.75) is 83.4 Å². The molecule has 2 aliphatic heterocycles. The fourth-order valence-corrected chi connectivity index (χ4v) is 5.70. The molecule has 0 N–H and O–H groups in total. The Morgan fingerprint density at radius 1 is 1.11 bits per heavy atom. The number of pyridine rings is 1. The van der Waals surface area contributed by atoms with Gasteiger partial charge in [-0.1, -0.05) is 0 Å². The Morgan fingerprint density at radius 2 is 1.86 bits per heavy atom. The molecule has 0 radical (unpaired) electrons. The summed E-state index contributed by atoms with van der Waals surface area (Å²) in [5.41, 5.74) is 3.19. The van der Waals surface area contributed by atoms with Crippen molar-refractivity contribution in [2.24, 2.45) is 5.92 Å². The number of nitrogens with zero attached hydrogens (tertiary/aromatic N) is 5. The van der Waals surface area contributed by atoms with E-state index in [1.54, 1.807) is 12.0 Å². The predicted molar refractivity (Wildman–Crippen MR) is 138 cm³/mol. The second-order valence-electron chi connectivity index (χ2n) is 11.9. The van der Waals surface area contributed by atoms with E-state index in [0.29, 0.717) is 69.6 Å². The Kier molecular flexibility index (Phi) is 7.06. The van der Waals surface area contributed by atoms with Crippen molar-refractivity contribution >= 4 is 17.8 Å². The summed E-state index contributed by atoms with van der Waals surface area (Å²) < 4.78 is 10.8. The number of methoxy groups -OCH3 is 1. The van der Waals surface area contributed by atoms with Crippen LogP contribution in [0, 0.1) is 17.2 Å². The van der Waals surface area contributed by atoms with E-state index in [4.69, 9.17) is 14.5 Å². The van der Waals surface area contributed by atoms with Crippen LogP contribution in [0.5, 0.6) is 0 Å². The molecule has 5 rings (SSSR count). The van der Waals surface area contributed by atoms with Gasteiger partial charge in [0, 0.05) is 39.2 Å². The average Bonchev–Trinajstić information content (AvgIpc) is 3.78. The number of nitriles is 1. The summed E-state index contributed by atoms with van der Waals surface area (Å²) in [6.45, 7) is 9.03. The molecule has 1 saturated heterocycles. The second kappa shape index (κ2) is 10.1. The highest BCUT2D eigenvalue weighted by Crippen LogP contribution is 2.45. The average molecular weight is 510 g/mol. The van der Waals surface area contributed by atoms with Gasteiger partial charge in [-0.3, -0.25) is 4.79 Å². The SMILES string of the molecule is COCCC(=O)N1CCN(c2nc(C3CC3)c3c(c2C#N)CCN(C(=O)OC(C)(C)C)C3)C[C@H]1C1CC1. The van der Waals surface area contributed by atoms with Crippen LogP contribution in [-0.2, 0) is 27.2 Å². The first-order chi connectivity index (χ1) is 17.7. The van der Waals surface area contributed by atoms with Crippen LogP contribution in [0.15, 0.2) is 0 Å². The highest BCUT2D eigenvalue weighted by molar-refractivity contribution is 5.77. The van der Waals surface area contributed by atoms with Gasteiger partial charge in [-0.05, 0) is 69.9 Å². The maximum absolute atomic E-state index is 12.9. The Balaban J connectivity index is 1.42. The lowest BCUT2D eigenvalue weighted by Gasteiger charge is -2.43. The Bertz CT molecular complexity index is 1100.